The van der Waals surface area contributed by atoms with Crippen LogP contribution < -0.4 is 14.5 Å². The van der Waals surface area contributed by atoms with Crippen LogP contribution in [0.1, 0.15) is 132 Å². The summed E-state index contributed by atoms with van der Waals surface area (Å²) in [5.41, 5.74) is -3.52. The fraction of sp³-hybridized carbons (Fsp3) is 0.800. The fourth-order valence-electron chi connectivity index (χ4n) is 8.74. The number of hydrogen-bond acceptors (Lipinski definition) is 10. The predicted octanol–water partition coefficient (Wildman–Crippen LogP) is 5.96. The maximum Gasteiger partial charge on any atom is 0.339 e. The highest BCUT2D eigenvalue weighted by Crippen LogP contribution is 2.50. The first-order valence-corrected chi connectivity index (χ1v) is 16.6. The van der Waals surface area contributed by atoms with E-state index in [1.807, 2.05) is 65.5 Å². The summed E-state index contributed by atoms with van der Waals surface area (Å²) in [5, 5.41) is 37.5. The van der Waals surface area contributed by atoms with Gasteiger partial charge in [-0.3, -0.25) is 0 Å². The van der Waals surface area contributed by atoms with Crippen molar-refractivity contribution in [2.24, 2.45) is 0 Å². The van der Waals surface area contributed by atoms with Crippen molar-refractivity contribution < 1.29 is 39.4 Å². The molecule has 262 valence electrons. The molecule has 0 spiro atoms. The molecule has 11 heteroatoms. The molecule has 3 aliphatic heterocycles. The molecule has 0 unspecified atom stereocenters. The quantitative estimate of drug-likeness (QED) is 0.309. The Morgan fingerprint density at radius 1 is 0.609 bits per heavy atom. The summed E-state index contributed by atoms with van der Waals surface area (Å²) in [6, 6.07) is 3.12. The number of aliphatic hydroxyl groups excluding tert-OH is 2. The monoisotopic (exact) mass is 649 g/mol. The molecule has 1 aromatic rings. The van der Waals surface area contributed by atoms with Crippen LogP contribution >= 0.6 is 0 Å². The van der Waals surface area contributed by atoms with E-state index in [9.17, 15) is 20.1 Å². The van der Waals surface area contributed by atoms with Gasteiger partial charge in [-0.2, -0.15) is 0 Å². The minimum atomic E-state index is -1.17. The van der Waals surface area contributed by atoms with Gasteiger partial charge in [-0.05, 0) is 134 Å². The number of rotatable bonds is 8. The van der Waals surface area contributed by atoms with Crippen LogP contribution in [0.15, 0.2) is 12.1 Å². The van der Waals surface area contributed by atoms with Gasteiger partial charge in [0.25, 0.3) is 0 Å². The zero-order valence-corrected chi connectivity index (χ0v) is 30.4. The SMILES string of the molecule is COC1CC(C)(C)N(Oc2c(ON3C(C)(C)CC(O)CC3(C)C)ccc(C(=O)O)c2ON2C(C)(C)CC(O)CC2(C)C)C(C)(C)C1. The van der Waals surface area contributed by atoms with E-state index in [2.05, 4.69) is 27.7 Å². The molecule has 0 aromatic heterocycles. The number of methoxy groups -OCH3 is 1. The summed E-state index contributed by atoms with van der Waals surface area (Å²) in [6.07, 6.45) is 2.23. The lowest BCUT2D eigenvalue weighted by Crippen LogP contribution is -2.64. The van der Waals surface area contributed by atoms with Gasteiger partial charge >= 0.3 is 5.97 Å². The number of carboxylic acids is 1. The van der Waals surface area contributed by atoms with Gasteiger partial charge in [0, 0.05) is 7.11 Å². The highest BCUT2D eigenvalue weighted by molar-refractivity contribution is 5.92. The summed E-state index contributed by atoms with van der Waals surface area (Å²) in [4.78, 5) is 33.3. The molecule has 0 radical (unpaired) electrons. The standard InChI is InChI=1S/C35H59N3O8/c1-30(2)16-22(39)17-31(3,4)36(30)44-26-15-14-25(29(41)42)27(45-37-32(5,6)18-23(40)19-33(37,7)8)28(26)46-38-34(9,10)20-24(43-13)21-35(38,11)12/h14-15,22-24,39-40H,16-21H2,1-13H3,(H,41,42). The Kier molecular flexibility index (Phi) is 9.63. The second kappa shape index (κ2) is 12.1. The van der Waals surface area contributed by atoms with E-state index in [-0.39, 0.29) is 23.2 Å². The minimum Gasteiger partial charge on any atom is -0.478 e. The summed E-state index contributed by atoms with van der Waals surface area (Å²) >= 11 is 0. The molecule has 3 fully saturated rings. The molecular formula is C35H59N3O8. The average molecular weight is 650 g/mol. The van der Waals surface area contributed by atoms with Gasteiger partial charge in [0.2, 0.25) is 11.5 Å². The third-order valence-electron chi connectivity index (χ3n) is 9.89. The maximum absolute atomic E-state index is 12.9. The van der Waals surface area contributed by atoms with E-state index in [1.54, 1.807) is 18.2 Å². The van der Waals surface area contributed by atoms with Crippen LogP contribution in [0.3, 0.4) is 0 Å². The van der Waals surface area contributed by atoms with E-state index >= 15 is 0 Å². The highest BCUT2D eigenvalue weighted by Gasteiger charge is 2.52. The number of hydroxylamine groups is 6. The van der Waals surface area contributed by atoms with Crippen molar-refractivity contribution in [3.63, 3.8) is 0 Å². The molecular weight excluding hydrogens is 590 g/mol. The van der Waals surface area contributed by atoms with Crippen molar-refractivity contribution >= 4 is 5.97 Å². The Morgan fingerprint density at radius 3 is 1.33 bits per heavy atom. The third kappa shape index (κ3) is 7.15. The van der Waals surface area contributed by atoms with Gasteiger partial charge in [-0.1, -0.05) is 0 Å². The van der Waals surface area contributed by atoms with Gasteiger partial charge in [0.15, 0.2) is 5.75 Å². The molecule has 0 bridgehead atoms. The first kappa shape index (κ1) is 36.7. The van der Waals surface area contributed by atoms with Crippen LogP contribution in [-0.2, 0) is 4.74 Å². The molecule has 0 atom stereocenters. The Bertz CT molecular complexity index is 1240. The smallest absolute Gasteiger partial charge is 0.339 e. The van der Waals surface area contributed by atoms with Gasteiger partial charge in [0.05, 0.1) is 51.5 Å². The Morgan fingerprint density at radius 2 is 0.957 bits per heavy atom. The van der Waals surface area contributed by atoms with Gasteiger partial charge in [-0.25, -0.2) is 4.79 Å². The van der Waals surface area contributed by atoms with Gasteiger partial charge in [0.1, 0.15) is 5.56 Å². The van der Waals surface area contributed by atoms with Crippen LogP contribution in [0.2, 0.25) is 0 Å². The number of piperidine rings is 3. The molecule has 0 saturated carbocycles. The molecule has 11 nitrogen and oxygen atoms in total. The molecule has 0 amide bonds. The maximum atomic E-state index is 12.9. The molecule has 3 heterocycles. The third-order valence-corrected chi connectivity index (χ3v) is 9.89. The minimum absolute atomic E-state index is 0.0180. The average Bonchev–Trinajstić information content (AvgIpc) is 2.84. The van der Waals surface area contributed by atoms with Gasteiger partial charge < -0.3 is 34.6 Å². The fourth-order valence-corrected chi connectivity index (χ4v) is 8.74. The molecule has 3 N–H and O–H groups in total. The van der Waals surface area contributed by atoms with Crippen molar-refractivity contribution in [3.8, 4) is 17.2 Å². The molecule has 4 rings (SSSR count). The summed E-state index contributed by atoms with van der Waals surface area (Å²) in [7, 11) is 1.72. The highest BCUT2D eigenvalue weighted by atomic mass is 16.7. The number of hydrogen-bond donors (Lipinski definition) is 3. The van der Waals surface area contributed by atoms with Crippen molar-refractivity contribution in [1.82, 2.24) is 15.2 Å². The zero-order valence-electron chi connectivity index (χ0n) is 30.4. The van der Waals surface area contributed by atoms with E-state index in [1.165, 1.54) is 6.07 Å². The molecule has 3 saturated heterocycles. The topological polar surface area (TPSA) is 124 Å². The van der Waals surface area contributed by atoms with E-state index < -0.39 is 51.4 Å². The second-order valence-corrected chi connectivity index (χ2v) is 17.5. The van der Waals surface area contributed by atoms with Crippen molar-refractivity contribution in [3.05, 3.63) is 17.7 Å². The van der Waals surface area contributed by atoms with Crippen molar-refractivity contribution in [2.75, 3.05) is 7.11 Å². The first-order valence-electron chi connectivity index (χ1n) is 16.6. The number of aromatic carboxylic acids is 1. The van der Waals surface area contributed by atoms with Gasteiger partial charge in [-0.15, -0.1) is 15.2 Å². The molecule has 1 aromatic carbocycles. The number of carbonyl (C=O) groups is 1. The number of aliphatic hydroxyl groups is 2. The van der Waals surface area contributed by atoms with E-state index in [0.717, 1.165) is 0 Å². The number of carboxylic acid groups (broad SMARTS) is 1. The number of ether oxygens (including phenoxy) is 1. The Balaban J connectivity index is 1.93. The lowest BCUT2D eigenvalue weighted by Gasteiger charge is -2.54. The van der Waals surface area contributed by atoms with Crippen LogP contribution in [0.25, 0.3) is 0 Å². The Hall–Kier alpha value is -2.15. The normalized spacial score (nSPS) is 26.8. The summed E-state index contributed by atoms with van der Waals surface area (Å²) in [5.74, 6) is -0.703. The van der Waals surface area contributed by atoms with Crippen LogP contribution in [-0.4, -0.2) is 95.1 Å². The van der Waals surface area contributed by atoms with Crippen LogP contribution in [0, 0.1) is 0 Å². The van der Waals surface area contributed by atoms with Crippen LogP contribution in [0.5, 0.6) is 17.2 Å². The summed E-state index contributed by atoms with van der Waals surface area (Å²) < 4.78 is 5.81. The molecule has 46 heavy (non-hydrogen) atoms. The molecule has 3 aliphatic rings. The van der Waals surface area contributed by atoms with E-state index in [0.29, 0.717) is 44.3 Å². The van der Waals surface area contributed by atoms with Crippen molar-refractivity contribution in [1.29, 1.82) is 0 Å². The lowest BCUT2D eigenvalue weighted by atomic mass is 9.80. The Labute approximate surface area is 275 Å². The van der Waals surface area contributed by atoms with E-state index in [4.69, 9.17) is 19.2 Å². The second-order valence-electron chi connectivity index (χ2n) is 17.5. The first-order chi connectivity index (χ1) is 20.8. The lowest BCUT2D eigenvalue weighted by molar-refractivity contribution is -0.256. The number of nitrogens with zero attached hydrogens (tertiary/aromatic N) is 3. The predicted molar refractivity (Wildman–Crippen MR) is 176 cm³/mol. The largest absolute Gasteiger partial charge is 0.478 e. The zero-order chi connectivity index (χ0) is 34.8. The van der Waals surface area contributed by atoms with Crippen LogP contribution in [0.4, 0.5) is 0 Å². The van der Waals surface area contributed by atoms with Crippen molar-refractivity contribution in [2.45, 2.75) is 173 Å². The summed E-state index contributed by atoms with van der Waals surface area (Å²) in [6.45, 7) is 24.3. The molecule has 0 aliphatic carbocycles. The number of benzene rings is 1.